The Morgan fingerprint density at radius 2 is 1.79 bits per heavy atom. The topological polar surface area (TPSA) is 45.5 Å². The van der Waals surface area contributed by atoms with Crippen molar-refractivity contribution >= 4 is 5.91 Å². The van der Waals surface area contributed by atoms with E-state index in [-0.39, 0.29) is 11.5 Å². The maximum Gasteiger partial charge on any atom is 0.250 e. The summed E-state index contributed by atoms with van der Waals surface area (Å²) in [5.74, 6) is 0.738. The lowest BCUT2D eigenvalue weighted by atomic mass is 9.68. The Labute approximate surface area is 172 Å². The van der Waals surface area contributed by atoms with E-state index in [0.29, 0.717) is 24.3 Å². The molecule has 3 heterocycles. The molecule has 1 aromatic carbocycles. The number of likely N-dealkylation sites (tertiary alicyclic amines) is 2. The molecule has 0 aliphatic carbocycles. The molecule has 2 aromatic rings. The molecule has 2 aliphatic rings. The number of piperidine rings is 2. The van der Waals surface area contributed by atoms with Crippen molar-refractivity contribution < 1.29 is 4.79 Å². The van der Waals surface area contributed by atoms with Gasteiger partial charge in [0.1, 0.15) is 0 Å². The van der Waals surface area contributed by atoms with Crippen molar-refractivity contribution in [1.29, 1.82) is 0 Å². The Kier molecular flexibility index (Phi) is 5.86. The summed E-state index contributed by atoms with van der Waals surface area (Å²) in [4.78, 5) is 29.0. The third-order valence-corrected chi connectivity index (χ3v) is 6.73. The van der Waals surface area contributed by atoms with Gasteiger partial charge in [-0.15, -0.1) is 0 Å². The number of aromatic nitrogens is 1. The van der Waals surface area contributed by atoms with Gasteiger partial charge in [0.2, 0.25) is 5.91 Å². The highest BCUT2D eigenvalue weighted by molar-refractivity contribution is 5.76. The van der Waals surface area contributed by atoms with Crippen LogP contribution in [0.25, 0.3) is 0 Å². The molecule has 1 atom stereocenters. The fourth-order valence-electron chi connectivity index (χ4n) is 5.23. The molecule has 29 heavy (non-hydrogen) atoms. The van der Waals surface area contributed by atoms with Crippen molar-refractivity contribution in [3.63, 3.8) is 0 Å². The van der Waals surface area contributed by atoms with Gasteiger partial charge in [-0.3, -0.25) is 9.59 Å². The van der Waals surface area contributed by atoms with Crippen LogP contribution in [0.1, 0.15) is 37.2 Å². The molecule has 0 N–H and O–H groups in total. The Balaban J connectivity index is 1.35. The highest BCUT2D eigenvalue weighted by Gasteiger charge is 2.41. The number of carbonyl (C=O) groups is 1. The van der Waals surface area contributed by atoms with E-state index in [4.69, 9.17) is 0 Å². The van der Waals surface area contributed by atoms with E-state index in [9.17, 15) is 9.59 Å². The second-order valence-corrected chi connectivity index (χ2v) is 8.87. The van der Waals surface area contributed by atoms with E-state index in [1.165, 1.54) is 18.1 Å². The largest absolute Gasteiger partial charge is 0.343 e. The van der Waals surface area contributed by atoms with Gasteiger partial charge in [0.25, 0.3) is 5.56 Å². The maximum atomic E-state index is 12.7. The number of rotatable bonds is 4. The summed E-state index contributed by atoms with van der Waals surface area (Å²) >= 11 is 0. The number of pyridine rings is 1. The fourth-order valence-corrected chi connectivity index (χ4v) is 5.23. The fraction of sp³-hybridized carbons (Fsp3) is 0.500. The Morgan fingerprint density at radius 1 is 1.07 bits per heavy atom. The van der Waals surface area contributed by atoms with E-state index in [2.05, 4.69) is 42.3 Å². The number of benzene rings is 1. The summed E-state index contributed by atoms with van der Waals surface area (Å²) in [6.45, 7) is 4.35. The number of aryl methyl sites for hydroxylation is 1. The van der Waals surface area contributed by atoms with Crippen LogP contribution in [0.3, 0.4) is 0 Å². The summed E-state index contributed by atoms with van der Waals surface area (Å²) in [5.41, 5.74) is 1.70. The molecular weight excluding hydrogens is 362 g/mol. The normalized spacial score (nSPS) is 22.0. The van der Waals surface area contributed by atoms with Crippen LogP contribution in [0.5, 0.6) is 0 Å². The summed E-state index contributed by atoms with van der Waals surface area (Å²) in [7, 11) is 2.23. The summed E-state index contributed by atoms with van der Waals surface area (Å²) in [5, 5.41) is 0. The standard InChI is InChI=1S/C24H31N3O2/c1-25-18-21(20-7-3-2-4-8-20)17-24(19-25)11-15-27(16-12-24)23(29)10-14-26-13-6-5-9-22(26)28/h2-9,13,21H,10-12,14-19H2,1H3/t21-/m0/s1. The van der Waals surface area contributed by atoms with Crippen LogP contribution in [0.2, 0.25) is 0 Å². The smallest absolute Gasteiger partial charge is 0.250 e. The van der Waals surface area contributed by atoms with Gasteiger partial charge < -0.3 is 14.4 Å². The number of nitrogens with zero attached hydrogens (tertiary/aromatic N) is 3. The minimum Gasteiger partial charge on any atom is -0.343 e. The average molecular weight is 394 g/mol. The van der Waals surface area contributed by atoms with Crippen LogP contribution in [-0.4, -0.2) is 53.5 Å². The lowest BCUT2D eigenvalue weighted by Crippen LogP contribution is -2.51. The van der Waals surface area contributed by atoms with Gasteiger partial charge in [-0.2, -0.15) is 0 Å². The lowest BCUT2D eigenvalue weighted by Gasteiger charge is -2.49. The van der Waals surface area contributed by atoms with E-state index in [0.717, 1.165) is 39.0 Å². The average Bonchev–Trinajstić information content (AvgIpc) is 2.73. The van der Waals surface area contributed by atoms with Crippen LogP contribution < -0.4 is 5.56 Å². The predicted molar refractivity (Wildman–Crippen MR) is 115 cm³/mol. The molecule has 154 valence electrons. The third kappa shape index (κ3) is 4.61. The molecule has 1 spiro atoms. The van der Waals surface area contributed by atoms with Crippen LogP contribution in [0.4, 0.5) is 0 Å². The first-order valence-electron chi connectivity index (χ1n) is 10.7. The van der Waals surface area contributed by atoms with Crippen molar-refractivity contribution in [2.45, 2.75) is 38.1 Å². The van der Waals surface area contributed by atoms with Gasteiger partial charge in [0, 0.05) is 51.4 Å². The second-order valence-electron chi connectivity index (χ2n) is 8.87. The molecule has 2 saturated heterocycles. The first-order chi connectivity index (χ1) is 14.0. The molecule has 5 heteroatoms. The highest BCUT2D eigenvalue weighted by atomic mass is 16.2. The first-order valence-corrected chi connectivity index (χ1v) is 10.7. The summed E-state index contributed by atoms with van der Waals surface area (Å²) < 4.78 is 1.61. The molecule has 0 radical (unpaired) electrons. The monoisotopic (exact) mass is 393 g/mol. The SMILES string of the molecule is CN1C[C@@H](c2ccccc2)CC2(CCN(C(=O)CCn3ccccc3=O)CC2)C1. The zero-order valence-corrected chi connectivity index (χ0v) is 17.3. The molecule has 2 fully saturated rings. The molecule has 5 nitrogen and oxygen atoms in total. The molecule has 1 aromatic heterocycles. The Bertz CT molecular complexity index is 884. The van der Waals surface area contributed by atoms with Crippen molar-refractivity contribution in [2.75, 3.05) is 33.2 Å². The number of hydrogen-bond donors (Lipinski definition) is 0. The zero-order valence-electron chi connectivity index (χ0n) is 17.3. The van der Waals surface area contributed by atoms with Gasteiger partial charge in [-0.05, 0) is 49.3 Å². The molecule has 0 bridgehead atoms. The lowest BCUT2D eigenvalue weighted by molar-refractivity contribution is -0.134. The van der Waals surface area contributed by atoms with E-state index in [1.807, 2.05) is 11.0 Å². The van der Waals surface area contributed by atoms with Crippen molar-refractivity contribution in [1.82, 2.24) is 14.4 Å². The molecule has 0 saturated carbocycles. The van der Waals surface area contributed by atoms with Crippen LogP contribution >= 0.6 is 0 Å². The van der Waals surface area contributed by atoms with E-state index >= 15 is 0 Å². The quantitative estimate of drug-likeness (QED) is 0.802. The van der Waals surface area contributed by atoms with Gasteiger partial charge >= 0.3 is 0 Å². The van der Waals surface area contributed by atoms with Gasteiger partial charge in [-0.1, -0.05) is 36.4 Å². The van der Waals surface area contributed by atoms with Crippen LogP contribution in [0.15, 0.2) is 59.5 Å². The van der Waals surface area contributed by atoms with Gasteiger partial charge in [0.15, 0.2) is 0 Å². The maximum absolute atomic E-state index is 12.7. The Hall–Kier alpha value is -2.40. The Morgan fingerprint density at radius 3 is 2.52 bits per heavy atom. The van der Waals surface area contributed by atoms with E-state index < -0.39 is 0 Å². The highest BCUT2D eigenvalue weighted by Crippen LogP contribution is 2.44. The van der Waals surface area contributed by atoms with Crippen molar-refractivity contribution in [2.24, 2.45) is 5.41 Å². The number of hydrogen-bond acceptors (Lipinski definition) is 3. The number of carbonyl (C=O) groups excluding carboxylic acids is 1. The zero-order chi connectivity index (χ0) is 20.3. The number of likely N-dealkylation sites (N-methyl/N-ethyl adjacent to an activating group) is 1. The molecule has 1 amide bonds. The summed E-state index contributed by atoms with van der Waals surface area (Å²) in [6, 6.07) is 16.0. The van der Waals surface area contributed by atoms with Gasteiger partial charge in [-0.25, -0.2) is 0 Å². The first kappa shape index (κ1) is 19.9. The summed E-state index contributed by atoms with van der Waals surface area (Å²) in [6.07, 6.45) is 5.49. The molecule has 2 aliphatic heterocycles. The van der Waals surface area contributed by atoms with Crippen LogP contribution in [-0.2, 0) is 11.3 Å². The van der Waals surface area contributed by atoms with E-state index in [1.54, 1.807) is 16.8 Å². The minimum absolute atomic E-state index is 0.0462. The van der Waals surface area contributed by atoms with Crippen LogP contribution in [0, 0.1) is 5.41 Å². The third-order valence-electron chi connectivity index (χ3n) is 6.73. The molecule has 4 rings (SSSR count). The van der Waals surface area contributed by atoms with Gasteiger partial charge in [0.05, 0.1) is 0 Å². The molecule has 0 unspecified atom stereocenters. The number of amides is 1. The van der Waals surface area contributed by atoms with Crippen molar-refractivity contribution in [3.8, 4) is 0 Å². The minimum atomic E-state index is -0.0462. The predicted octanol–water partition coefficient (Wildman–Crippen LogP) is 2.97. The molecular formula is C24H31N3O2. The van der Waals surface area contributed by atoms with Crippen molar-refractivity contribution in [3.05, 3.63) is 70.6 Å². The second kappa shape index (κ2) is 8.54.